The molecule has 2 aromatic rings. The summed E-state index contributed by atoms with van der Waals surface area (Å²) in [5, 5.41) is 5.92. The second-order valence-corrected chi connectivity index (χ2v) is 5.28. The molecular formula is C17H15FN2O4S. The van der Waals surface area contributed by atoms with Gasteiger partial charge in [0.05, 0.1) is 25.3 Å². The van der Waals surface area contributed by atoms with E-state index in [-0.39, 0.29) is 22.1 Å². The highest BCUT2D eigenvalue weighted by Crippen LogP contribution is 2.18. The lowest BCUT2D eigenvalue weighted by Gasteiger charge is -2.12. The van der Waals surface area contributed by atoms with Crippen LogP contribution in [0.3, 0.4) is 0 Å². The lowest BCUT2D eigenvalue weighted by atomic mass is 10.1. The van der Waals surface area contributed by atoms with E-state index >= 15 is 0 Å². The molecule has 0 aromatic heterocycles. The Morgan fingerprint density at radius 2 is 1.36 bits per heavy atom. The smallest absolute Gasteiger partial charge is 0.337 e. The van der Waals surface area contributed by atoms with Gasteiger partial charge < -0.3 is 20.1 Å². The molecule has 0 heterocycles. The van der Waals surface area contributed by atoms with Crippen LogP contribution < -0.4 is 10.6 Å². The molecule has 2 N–H and O–H groups in total. The first-order chi connectivity index (χ1) is 11.9. The lowest BCUT2D eigenvalue weighted by Crippen LogP contribution is -2.20. The summed E-state index contributed by atoms with van der Waals surface area (Å²) in [6.07, 6.45) is 0. The number of thiocarbonyl (C=S) groups is 1. The van der Waals surface area contributed by atoms with Gasteiger partial charge in [-0.15, -0.1) is 0 Å². The monoisotopic (exact) mass is 362 g/mol. The maximum Gasteiger partial charge on any atom is 0.337 e. The molecule has 25 heavy (non-hydrogen) atoms. The van der Waals surface area contributed by atoms with Crippen LogP contribution >= 0.6 is 12.2 Å². The summed E-state index contributed by atoms with van der Waals surface area (Å²) in [7, 11) is 2.47. The van der Waals surface area contributed by atoms with Gasteiger partial charge in [0.2, 0.25) is 0 Å². The number of anilines is 2. The fraction of sp³-hybridized carbons (Fsp3) is 0.118. The first-order valence-corrected chi connectivity index (χ1v) is 7.49. The van der Waals surface area contributed by atoms with E-state index in [1.165, 1.54) is 56.7 Å². The van der Waals surface area contributed by atoms with Crippen LogP contribution in [0.1, 0.15) is 20.7 Å². The third kappa shape index (κ3) is 4.98. The molecule has 0 bridgehead atoms. The number of hydrogen-bond acceptors (Lipinski definition) is 5. The van der Waals surface area contributed by atoms with E-state index in [2.05, 4.69) is 20.1 Å². The maximum absolute atomic E-state index is 12.9. The van der Waals surface area contributed by atoms with Crippen LogP contribution in [0, 0.1) is 5.82 Å². The molecule has 0 aliphatic rings. The highest BCUT2D eigenvalue weighted by Gasteiger charge is 2.14. The van der Waals surface area contributed by atoms with Crippen molar-refractivity contribution < 1.29 is 23.5 Å². The molecule has 8 heteroatoms. The van der Waals surface area contributed by atoms with E-state index in [9.17, 15) is 14.0 Å². The third-order valence-electron chi connectivity index (χ3n) is 3.14. The van der Waals surface area contributed by atoms with Crippen LogP contribution in [0.15, 0.2) is 42.5 Å². The van der Waals surface area contributed by atoms with Crippen LogP contribution in [0.5, 0.6) is 0 Å². The minimum Gasteiger partial charge on any atom is -0.465 e. The van der Waals surface area contributed by atoms with Crippen molar-refractivity contribution >= 4 is 40.6 Å². The molecule has 0 spiro atoms. The zero-order valence-electron chi connectivity index (χ0n) is 13.5. The number of methoxy groups -OCH3 is 2. The molecule has 0 aliphatic carbocycles. The Bertz CT molecular complexity index is 775. The summed E-state index contributed by atoms with van der Waals surface area (Å²) < 4.78 is 22.3. The highest BCUT2D eigenvalue weighted by atomic mass is 32.1. The molecule has 0 fully saturated rings. The molecular weight excluding hydrogens is 347 g/mol. The van der Waals surface area contributed by atoms with Gasteiger partial charge in [0.25, 0.3) is 0 Å². The van der Waals surface area contributed by atoms with Gasteiger partial charge in [-0.3, -0.25) is 0 Å². The largest absolute Gasteiger partial charge is 0.465 e. The Balaban J connectivity index is 2.21. The minimum absolute atomic E-state index is 0.164. The van der Waals surface area contributed by atoms with Crippen molar-refractivity contribution in [1.29, 1.82) is 0 Å². The van der Waals surface area contributed by atoms with Gasteiger partial charge in [-0.2, -0.15) is 0 Å². The SMILES string of the molecule is COC(=O)c1cc(NC(=S)Nc2ccc(F)cc2)cc(C(=O)OC)c1. The molecule has 0 atom stereocenters. The number of benzene rings is 2. The predicted octanol–water partition coefficient (Wildman–Crippen LogP) is 3.21. The zero-order chi connectivity index (χ0) is 18.4. The van der Waals surface area contributed by atoms with Crippen molar-refractivity contribution in [3.05, 3.63) is 59.4 Å². The van der Waals surface area contributed by atoms with Gasteiger partial charge >= 0.3 is 11.9 Å². The molecule has 0 unspecified atom stereocenters. The molecule has 0 radical (unpaired) electrons. The average Bonchev–Trinajstić information content (AvgIpc) is 2.61. The summed E-state index contributed by atoms with van der Waals surface area (Å²) in [6.45, 7) is 0. The Morgan fingerprint density at radius 3 is 1.84 bits per heavy atom. The van der Waals surface area contributed by atoms with Crippen LogP contribution in [0.25, 0.3) is 0 Å². The van der Waals surface area contributed by atoms with Crippen molar-refractivity contribution in [1.82, 2.24) is 0 Å². The van der Waals surface area contributed by atoms with Gasteiger partial charge in [0, 0.05) is 11.4 Å². The summed E-state index contributed by atoms with van der Waals surface area (Å²) >= 11 is 5.18. The highest BCUT2D eigenvalue weighted by molar-refractivity contribution is 7.80. The number of carbonyl (C=O) groups excluding carboxylic acids is 2. The summed E-state index contributed by atoms with van der Waals surface area (Å²) in [6, 6.07) is 9.95. The summed E-state index contributed by atoms with van der Waals surface area (Å²) in [5.74, 6) is -1.57. The van der Waals surface area contributed by atoms with Crippen molar-refractivity contribution in [2.45, 2.75) is 0 Å². The van der Waals surface area contributed by atoms with Gasteiger partial charge in [-0.1, -0.05) is 0 Å². The molecule has 2 rings (SSSR count). The second kappa shape index (κ2) is 8.20. The minimum atomic E-state index is -0.605. The van der Waals surface area contributed by atoms with Crippen molar-refractivity contribution in [3.8, 4) is 0 Å². The lowest BCUT2D eigenvalue weighted by molar-refractivity contribution is 0.0599. The second-order valence-electron chi connectivity index (χ2n) is 4.87. The number of esters is 2. The topological polar surface area (TPSA) is 76.7 Å². The molecule has 0 amide bonds. The average molecular weight is 362 g/mol. The third-order valence-corrected chi connectivity index (χ3v) is 3.34. The predicted molar refractivity (Wildman–Crippen MR) is 95.4 cm³/mol. The van der Waals surface area contributed by atoms with Gasteiger partial charge in [0.15, 0.2) is 5.11 Å². The number of halogens is 1. The van der Waals surface area contributed by atoms with Crippen molar-refractivity contribution in [2.75, 3.05) is 24.9 Å². The fourth-order valence-electron chi connectivity index (χ4n) is 2.00. The van der Waals surface area contributed by atoms with Crippen LogP contribution in [0.2, 0.25) is 0 Å². The Kier molecular flexibility index (Phi) is 6.02. The molecule has 130 valence electrons. The van der Waals surface area contributed by atoms with Crippen LogP contribution in [-0.4, -0.2) is 31.3 Å². The molecule has 0 saturated heterocycles. The zero-order valence-corrected chi connectivity index (χ0v) is 14.3. The van der Waals surface area contributed by atoms with Crippen molar-refractivity contribution in [3.63, 3.8) is 0 Å². The maximum atomic E-state index is 12.9. The Hall–Kier alpha value is -3.00. The van der Waals surface area contributed by atoms with E-state index in [0.717, 1.165) is 0 Å². The van der Waals surface area contributed by atoms with Gasteiger partial charge in [-0.05, 0) is 54.7 Å². The number of carbonyl (C=O) groups is 2. The Labute approximate surface area is 148 Å². The number of ether oxygens (including phenoxy) is 2. The van der Waals surface area contributed by atoms with Crippen LogP contribution in [0.4, 0.5) is 15.8 Å². The van der Waals surface area contributed by atoms with E-state index in [0.29, 0.717) is 11.4 Å². The molecule has 2 aromatic carbocycles. The summed E-state index contributed by atoms with van der Waals surface area (Å²) in [5.41, 5.74) is 1.30. The number of rotatable bonds is 4. The summed E-state index contributed by atoms with van der Waals surface area (Å²) in [4.78, 5) is 23.5. The van der Waals surface area contributed by atoms with Gasteiger partial charge in [-0.25, -0.2) is 14.0 Å². The van der Waals surface area contributed by atoms with E-state index in [1.54, 1.807) is 0 Å². The fourth-order valence-corrected chi connectivity index (χ4v) is 2.23. The van der Waals surface area contributed by atoms with Crippen molar-refractivity contribution in [2.24, 2.45) is 0 Å². The normalized spacial score (nSPS) is 9.88. The van der Waals surface area contributed by atoms with Crippen LogP contribution in [-0.2, 0) is 9.47 Å². The molecule has 6 nitrogen and oxygen atoms in total. The molecule has 0 saturated carbocycles. The van der Waals surface area contributed by atoms with Gasteiger partial charge in [0.1, 0.15) is 5.82 Å². The first-order valence-electron chi connectivity index (χ1n) is 7.08. The quantitative estimate of drug-likeness (QED) is 0.639. The van der Waals surface area contributed by atoms with E-state index < -0.39 is 11.9 Å². The standard InChI is InChI=1S/C17H15FN2O4S/c1-23-15(21)10-7-11(16(22)24-2)9-14(8-10)20-17(25)19-13-5-3-12(18)4-6-13/h3-9H,1-2H3,(H2,19,20,25). The number of nitrogens with one attached hydrogen (secondary N) is 2. The van der Waals surface area contributed by atoms with E-state index in [1.807, 2.05) is 0 Å². The number of hydrogen-bond donors (Lipinski definition) is 2. The van der Waals surface area contributed by atoms with E-state index in [4.69, 9.17) is 12.2 Å². The molecule has 0 aliphatic heterocycles. The Morgan fingerprint density at radius 1 is 0.880 bits per heavy atom. The first kappa shape index (κ1) is 18.3.